The number of hydrogen-bond donors (Lipinski definition) is 0. The number of allylic oxidation sites excluding steroid dienone is 4. The van der Waals surface area contributed by atoms with Gasteiger partial charge in [-0.1, -0.05) is 110 Å². The van der Waals surface area contributed by atoms with Crippen molar-refractivity contribution < 1.29 is 0 Å². The average Bonchev–Trinajstić information content (AvgIpc) is 2.91. The lowest BCUT2D eigenvalue weighted by atomic mass is 9.57. The Bertz CT molecular complexity index is 968. The Balaban J connectivity index is 2.20. The van der Waals surface area contributed by atoms with Gasteiger partial charge in [0, 0.05) is 5.41 Å². The summed E-state index contributed by atoms with van der Waals surface area (Å²) in [4.78, 5) is 0. The van der Waals surface area contributed by atoms with Crippen molar-refractivity contribution >= 4 is 0 Å². The molecule has 0 bridgehead atoms. The fraction of sp³-hybridized carbons (Fsp3) is 0.241. The zero-order valence-corrected chi connectivity index (χ0v) is 18.2. The Labute approximate surface area is 175 Å². The molecule has 0 fully saturated rings. The van der Waals surface area contributed by atoms with Crippen LogP contribution in [0.2, 0.25) is 0 Å². The first-order valence-corrected chi connectivity index (χ1v) is 10.5. The minimum atomic E-state index is -0.337. The van der Waals surface area contributed by atoms with Crippen LogP contribution in [0, 0.1) is 5.41 Å². The third-order valence-electron chi connectivity index (χ3n) is 7.06. The van der Waals surface area contributed by atoms with Crippen LogP contribution in [-0.4, -0.2) is 0 Å². The van der Waals surface area contributed by atoms with Gasteiger partial charge in [-0.3, -0.25) is 0 Å². The lowest BCUT2D eigenvalue weighted by Gasteiger charge is -2.44. The minimum Gasteiger partial charge on any atom is -0.0622 e. The fourth-order valence-corrected chi connectivity index (χ4v) is 5.34. The quantitative estimate of drug-likeness (QED) is 0.408. The SMILES string of the molecule is CC1=C(C)C(C)(C)C(C(c2ccccc2)(c2ccccc2)c2ccccc2)=C1C. The predicted octanol–water partition coefficient (Wildman–Crippen LogP) is 7.71. The second-order valence-corrected chi connectivity index (χ2v) is 8.72. The molecule has 0 nitrogen and oxygen atoms in total. The van der Waals surface area contributed by atoms with Crippen LogP contribution in [0.5, 0.6) is 0 Å². The molecule has 4 rings (SSSR count). The van der Waals surface area contributed by atoms with E-state index in [1.165, 1.54) is 39.0 Å². The third kappa shape index (κ3) is 2.82. The molecule has 0 N–H and O–H groups in total. The lowest BCUT2D eigenvalue weighted by molar-refractivity contribution is 0.476. The van der Waals surface area contributed by atoms with Crippen molar-refractivity contribution in [2.24, 2.45) is 5.41 Å². The van der Waals surface area contributed by atoms with Gasteiger partial charge in [0.2, 0.25) is 0 Å². The summed E-state index contributed by atoms with van der Waals surface area (Å²) in [5.74, 6) is 0. The topological polar surface area (TPSA) is 0 Å². The van der Waals surface area contributed by atoms with E-state index in [1.807, 2.05) is 0 Å². The summed E-state index contributed by atoms with van der Waals surface area (Å²) in [6.07, 6.45) is 0. The maximum atomic E-state index is 2.39. The first-order valence-electron chi connectivity index (χ1n) is 10.5. The highest BCUT2D eigenvalue weighted by atomic mass is 14.5. The molecule has 3 aromatic carbocycles. The van der Waals surface area contributed by atoms with Gasteiger partial charge in [0.25, 0.3) is 0 Å². The summed E-state index contributed by atoms with van der Waals surface area (Å²) in [7, 11) is 0. The van der Waals surface area contributed by atoms with Crippen molar-refractivity contribution in [1.29, 1.82) is 0 Å². The Kier molecular flexibility index (Phi) is 4.82. The molecule has 3 aromatic rings. The van der Waals surface area contributed by atoms with Gasteiger partial charge in [-0.25, -0.2) is 0 Å². The standard InChI is InChI=1S/C29H30/c1-21-22(2)27(28(4,5)23(21)3)29(24-15-9-6-10-16-24,25-17-11-7-12-18-25)26-19-13-8-14-20-26/h6-20H,1-5H3. The molecule has 0 saturated heterocycles. The fourth-order valence-electron chi connectivity index (χ4n) is 5.34. The summed E-state index contributed by atoms with van der Waals surface area (Å²) < 4.78 is 0. The Hall–Kier alpha value is -2.86. The molecule has 0 unspecified atom stereocenters. The van der Waals surface area contributed by atoms with Crippen molar-refractivity contribution in [2.45, 2.75) is 40.0 Å². The van der Waals surface area contributed by atoms with E-state index in [-0.39, 0.29) is 10.8 Å². The van der Waals surface area contributed by atoms with Crippen molar-refractivity contribution in [3.05, 3.63) is 130 Å². The lowest BCUT2D eigenvalue weighted by Crippen LogP contribution is -2.38. The molecule has 0 saturated carbocycles. The largest absolute Gasteiger partial charge is 0.0675 e. The monoisotopic (exact) mass is 378 g/mol. The highest BCUT2D eigenvalue weighted by Gasteiger charge is 2.49. The second kappa shape index (κ2) is 7.19. The van der Waals surface area contributed by atoms with Gasteiger partial charge in [-0.2, -0.15) is 0 Å². The second-order valence-electron chi connectivity index (χ2n) is 8.72. The molecule has 1 aliphatic carbocycles. The van der Waals surface area contributed by atoms with Gasteiger partial charge < -0.3 is 0 Å². The molecule has 1 aliphatic rings. The van der Waals surface area contributed by atoms with Crippen LogP contribution in [0.3, 0.4) is 0 Å². The molecule has 0 amide bonds. The Morgan fingerprint density at radius 3 is 1.14 bits per heavy atom. The van der Waals surface area contributed by atoms with Gasteiger partial charge in [-0.05, 0) is 54.2 Å². The molecule has 0 heteroatoms. The van der Waals surface area contributed by atoms with Gasteiger partial charge in [0.05, 0.1) is 5.41 Å². The van der Waals surface area contributed by atoms with Crippen LogP contribution in [-0.2, 0) is 5.41 Å². The average molecular weight is 379 g/mol. The number of hydrogen-bond acceptors (Lipinski definition) is 0. The molecular formula is C29H30. The number of rotatable bonds is 4. The van der Waals surface area contributed by atoms with Crippen molar-refractivity contribution in [3.8, 4) is 0 Å². The molecule has 0 spiro atoms. The van der Waals surface area contributed by atoms with Crippen LogP contribution < -0.4 is 0 Å². The van der Waals surface area contributed by atoms with Gasteiger partial charge in [0.15, 0.2) is 0 Å². The first kappa shape index (κ1) is 19.5. The zero-order valence-electron chi connectivity index (χ0n) is 18.2. The van der Waals surface area contributed by atoms with Crippen molar-refractivity contribution in [1.82, 2.24) is 0 Å². The molecular weight excluding hydrogens is 348 g/mol. The minimum absolute atomic E-state index is 0.0321. The number of benzene rings is 3. The normalized spacial score (nSPS) is 16.4. The Morgan fingerprint density at radius 1 is 0.517 bits per heavy atom. The summed E-state index contributed by atoms with van der Waals surface area (Å²) in [6.45, 7) is 11.7. The van der Waals surface area contributed by atoms with E-state index in [1.54, 1.807) is 0 Å². The van der Waals surface area contributed by atoms with Gasteiger partial charge >= 0.3 is 0 Å². The van der Waals surface area contributed by atoms with Crippen LogP contribution in [0.4, 0.5) is 0 Å². The predicted molar refractivity (Wildman–Crippen MR) is 124 cm³/mol. The maximum absolute atomic E-state index is 2.39. The first-order chi connectivity index (χ1) is 13.9. The smallest absolute Gasteiger partial charge is 0.0622 e. The van der Waals surface area contributed by atoms with Crippen LogP contribution in [0.1, 0.15) is 51.3 Å². The van der Waals surface area contributed by atoms with Crippen molar-refractivity contribution in [2.75, 3.05) is 0 Å². The van der Waals surface area contributed by atoms with Crippen LogP contribution in [0.15, 0.2) is 113 Å². The highest BCUT2D eigenvalue weighted by Crippen LogP contribution is 2.58. The molecule has 0 radical (unpaired) electrons. The van der Waals surface area contributed by atoms with E-state index < -0.39 is 0 Å². The summed E-state index contributed by atoms with van der Waals surface area (Å²) in [6, 6.07) is 33.1. The van der Waals surface area contributed by atoms with E-state index >= 15 is 0 Å². The molecule has 146 valence electrons. The Morgan fingerprint density at radius 2 is 0.862 bits per heavy atom. The highest BCUT2D eigenvalue weighted by molar-refractivity contribution is 5.67. The summed E-state index contributed by atoms with van der Waals surface area (Å²) >= 11 is 0. The molecule has 29 heavy (non-hydrogen) atoms. The van der Waals surface area contributed by atoms with Crippen molar-refractivity contribution in [3.63, 3.8) is 0 Å². The van der Waals surface area contributed by atoms with E-state index in [0.29, 0.717) is 0 Å². The van der Waals surface area contributed by atoms with Gasteiger partial charge in [-0.15, -0.1) is 0 Å². The molecule has 0 heterocycles. The van der Waals surface area contributed by atoms with E-state index in [2.05, 4.69) is 126 Å². The third-order valence-corrected chi connectivity index (χ3v) is 7.06. The summed E-state index contributed by atoms with van der Waals surface area (Å²) in [5.41, 5.74) is 9.40. The summed E-state index contributed by atoms with van der Waals surface area (Å²) in [5, 5.41) is 0. The van der Waals surface area contributed by atoms with Gasteiger partial charge in [0.1, 0.15) is 0 Å². The molecule has 0 atom stereocenters. The van der Waals surface area contributed by atoms with E-state index in [0.717, 1.165) is 0 Å². The maximum Gasteiger partial charge on any atom is 0.0675 e. The molecule has 0 aliphatic heterocycles. The zero-order chi connectivity index (χ0) is 20.6. The van der Waals surface area contributed by atoms with Crippen LogP contribution >= 0.6 is 0 Å². The molecule has 0 aromatic heterocycles. The van der Waals surface area contributed by atoms with E-state index in [9.17, 15) is 0 Å². The van der Waals surface area contributed by atoms with E-state index in [4.69, 9.17) is 0 Å². The van der Waals surface area contributed by atoms with Crippen LogP contribution in [0.25, 0.3) is 0 Å².